The number of Topliss-reactive ketones (excluding diaryl/α,β-unsaturated/α-hetero) is 1. The molecule has 2 N–H and O–H groups in total. The molecule has 1 unspecified atom stereocenters. The molecule has 0 radical (unpaired) electrons. The van der Waals surface area contributed by atoms with Crippen LogP contribution >= 0.6 is 0 Å². The largest absolute Gasteiger partial charge is 0.508 e. The Morgan fingerprint density at radius 2 is 1.57 bits per heavy atom. The van der Waals surface area contributed by atoms with E-state index in [0.717, 1.165) is 18.7 Å². The van der Waals surface area contributed by atoms with E-state index in [1.54, 1.807) is 36.4 Å². The minimum atomic E-state index is -0.759. The summed E-state index contributed by atoms with van der Waals surface area (Å²) in [7, 11) is 0. The van der Waals surface area contributed by atoms with Crippen molar-refractivity contribution in [1.29, 1.82) is 0 Å². The summed E-state index contributed by atoms with van der Waals surface area (Å²) in [5.74, 6) is -0.907. The fourth-order valence-electron chi connectivity index (χ4n) is 4.51. The quantitative estimate of drug-likeness (QED) is 0.238. The van der Waals surface area contributed by atoms with E-state index >= 15 is 0 Å². The lowest BCUT2D eigenvalue weighted by Gasteiger charge is -2.28. The summed E-state index contributed by atoms with van der Waals surface area (Å²) >= 11 is 0. The van der Waals surface area contributed by atoms with Crippen molar-refractivity contribution in [2.75, 3.05) is 26.2 Å². The summed E-state index contributed by atoms with van der Waals surface area (Å²) in [5.41, 5.74) is 2.12. The van der Waals surface area contributed by atoms with E-state index in [2.05, 4.69) is 4.90 Å². The molecule has 0 aromatic heterocycles. The number of likely N-dealkylation sites (tertiary alicyclic amines) is 1. The number of ether oxygens (including phenoxy) is 1. The number of aliphatic hydroxyl groups is 1. The first-order valence-electron chi connectivity index (χ1n) is 12.5. The minimum absolute atomic E-state index is 0.0354. The van der Waals surface area contributed by atoms with Crippen LogP contribution in [0.15, 0.2) is 84.4 Å². The van der Waals surface area contributed by atoms with Gasteiger partial charge in [-0.3, -0.25) is 9.59 Å². The van der Waals surface area contributed by atoms with Gasteiger partial charge in [-0.1, -0.05) is 56.3 Å². The van der Waals surface area contributed by atoms with Crippen molar-refractivity contribution in [3.63, 3.8) is 0 Å². The van der Waals surface area contributed by atoms with Crippen molar-refractivity contribution >= 4 is 17.4 Å². The molecule has 0 aliphatic carbocycles. The molecule has 1 aliphatic rings. The molecule has 7 nitrogen and oxygen atoms in total. The third-order valence-corrected chi connectivity index (χ3v) is 6.68. The van der Waals surface area contributed by atoms with Gasteiger partial charge in [-0.15, -0.1) is 0 Å². The molecule has 3 aromatic rings. The van der Waals surface area contributed by atoms with Gasteiger partial charge in [0.05, 0.1) is 11.6 Å². The predicted molar refractivity (Wildman–Crippen MR) is 142 cm³/mol. The molecule has 1 amide bonds. The van der Waals surface area contributed by atoms with E-state index in [4.69, 9.17) is 4.74 Å². The van der Waals surface area contributed by atoms with Crippen LogP contribution < -0.4 is 4.74 Å². The molecule has 1 aliphatic heterocycles. The van der Waals surface area contributed by atoms with Crippen molar-refractivity contribution < 1.29 is 24.5 Å². The summed E-state index contributed by atoms with van der Waals surface area (Å²) in [6.07, 6.45) is 0. The van der Waals surface area contributed by atoms with E-state index in [-0.39, 0.29) is 17.1 Å². The van der Waals surface area contributed by atoms with E-state index < -0.39 is 17.7 Å². The number of phenols is 1. The summed E-state index contributed by atoms with van der Waals surface area (Å²) in [6, 6.07) is 22.2. The molecule has 1 saturated heterocycles. The van der Waals surface area contributed by atoms with Crippen LogP contribution in [0, 0.1) is 0 Å². The van der Waals surface area contributed by atoms with E-state index in [9.17, 15) is 19.8 Å². The van der Waals surface area contributed by atoms with Gasteiger partial charge in [-0.25, -0.2) is 0 Å². The van der Waals surface area contributed by atoms with Crippen molar-refractivity contribution in [1.82, 2.24) is 9.80 Å². The van der Waals surface area contributed by atoms with E-state index in [1.165, 1.54) is 17.0 Å². The molecule has 0 bridgehead atoms. The molecule has 1 fully saturated rings. The number of carbonyl (C=O) groups excluding carboxylic acids is 2. The Labute approximate surface area is 217 Å². The average Bonchev–Trinajstić information content (AvgIpc) is 3.18. The molecule has 4 rings (SSSR count). The smallest absolute Gasteiger partial charge is 0.295 e. The molecule has 0 spiro atoms. The van der Waals surface area contributed by atoms with Crippen molar-refractivity contribution in [3.8, 4) is 11.5 Å². The highest BCUT2D eigenvalue weighted by atomic mass is 16.5. The second-order valence-electron chi connectivity index (χ2n) is 8.91. The summed E-state index contributed by atoms with van der Waals surface area (Å²) < 4.78 is 5.83. The van der Waals surface area contributed by atoms with Gasteiger partial charge in [-0.05, 0) is 60.6 Å². The van der Waals surface area contributed by atoms with Crippen LogP contribution in [0.4, 0.5) is 0 Å². The number of phenolic OH excluding ortho intramolecular Hbond substituents is 1. The Bertz CT molecular complexity index is 1250. The number of rotatable bonds is 10. The lowest BCUT2D eigenvalue weighted by atomic mass is 9.95. The van der Waals surface area contributed by atoms with Crippen molar-refractivity contribution in [3.05, 3.63) is 101 Å². The standard InChI is InChI=1S/C30H32N2O5/c1-3-31(4-2)18-19-32-27(22-10-14-24(33)15-11-22)26(29(35)30(32)36)28(34)23-12-16-25(17-13-23)37-20-21-8-6-5-7-9-21/h5-17,27,33-34H,3-4,18-20H2,1-2H3. The number of likely N-dealkylation sites (N-methyl/N-ethyl adjacent to an activating group) is 1. The van der Waals surface area contributed by atoms with Gasteiger partial charge in [0.1, 0.15) is 23.9 Å². The second kappa shape index (κ2) is 11.8. The number of amides is 1. The minimum Gasteiger partial charge on any atom is -0.508 e. The average molecular weight is 501 g/mol. The lowest BCUT2D eigenvalue weighted by Crippen LogP contribution is -2.38. The number of hydrogen-bond acceptors (Lipinski definition) is 6. The maximum Gasteiger partial charge on any atom is 0.295 e. The normalized spacial score (nSPS) is 16.9. The van der Waals surface area contributed by atoms with Gasteiger partial charge >= 0.3 is 0 Å². The van der Waals surface area contributed by atoms with Crippen LogP contribution in [-0.4, -0.2) is 57.9 Å². The van der Waals surface area contributed by atoms with Gasteiger partial charge in [0, 0.05) is 18.7 Å². The maximum absolute atomic E-state index is 13.2. The van der Waals surface area contributed by atoms with E-state index in [1.807, 2.05) is 44.2 Å². The Morgan fingerprint density at radius 1 is 0.919 bits per heavy atom. The highest BCUT2D eigenvalue weighted by Crippen LogP contribution is 2.39. The van der Waals surface area contributed by atoms with Gasteiger partial charge in [0.15, 0.2) is 0 Å². The zero-order chi connectivity index (χ0) is 26.4. The molecule has 1 heterocycles. The monoisotopic (exact) mass is 500 g/mol. The van der Waals surface area contributed by atoms with Gasteiger partial charge in [0.25, 0.3) is 11.7 Å². The predicted octanol–water partition coefficient (Wildman–Crippen LogP) is 4.73. The Hall–Kier alpha value is -4.10. The zero-order valence-electron chi connectivity index (χ0n) is 21.1. The molecule has 37 heavy (non-hydrogen) atoms. The van der Waals surface area contributed by atoms with Gasteiger partial charge in [0.2, 0.25) is 0 Å². The topological polar surface area (TPSA) is 90.3 Å². The highest BCUT2D eigenvalue weighted by molar-refractivity contribution is 6.46. The number of hydrogen-bond donors (Lipinski definition) is 2. The molecular formula is C30H32N2O5. The Balaban J connectivity index is 1.64. The Kier molecular flexibility index (Phi) is 8.25. The first-order valence-corrected chi connectivity index (χ1v) is 12.5. The first kappa shape index (κ1) is 26.0. The van der Waals surface area contributed by atoms with Crippen molar-refractivity contribution in [2.45, 2.75) is 26.5 Å². The van der Waals surface area contributed by atoms with Crippen molar-refractivity contribution in [2.24, 2.45) is 0 Å². The number of carbonyl (C=O) groups is 2. The summed E-state index contributed by atoms with van der Waals surface area (Å²) in [4.78, 5) is 30.0. The fourth-order valence-corrected chi connectivity index (χ4v) is 4.51. The first-order chi connectivity index (χ1) is 17.9. The fraction of sp³-hybridized carbons (Fsp3) is 0.267. The zero-order valence-corrected chi connectivity index (χ0v) is 21.1. The van der Waals surface area contributed by atoms with Crippen LogP contribution in [0.25, 0.3) is 5.76 Å². The summed E-state index contributed by atoms with van der Waals surface area (Å²) in [5, 5.41) is 21.0. The molecule has 7 heteroatoms. The van der Waals surface area contributed by atoms with Crippen LogP contribution in [0.5, 0.6) is 11.5 Å². The third-order valence-electron chi connectivity index (χ3n) is 6.68. The van der Waals surface area contributed by atoms with Crippen LogP contribution in [0.1, 0.15) is 36.6 Å². The lowest BCUT2D eigenvalue weighted by molar-refractivity contribution is -0.140. The number of aliphatic hydroxyl groups excluding tert-OH is 1. The van der Waals surface area contributed by atoms with Gasteiger partial charge < -0.3 is 24.7 Å². The van der Waals surface area contributed by atoms with Gasteiger partial charge in [-0.2, -0.15) is 0 Å². The van der Waals surface area contributed by atoms with Crippen LogP contribution in [-0.2, 0) is 16.2 Å². The SMILES string of the molecule is CCN(CC)CCN1C(=O)C(=O)C(=C(O)c2ccc(OCc3ccccc3)cc2)C1c1ccc(O)cc1. The molecule has 3 aromatic carbocycles. The van der Waals surface area contributed by atoms with Crippen LogP contribution in [0.2, 0.25) is 0 Å². The maximum atomic E-state index is 13.2. The van der Waals surface area contributed by atoms with Crippen LogP contribution in [0.3, 0.4) is 0 Å². The number of nitrogens with zero attached hydrogens (tertiary/aromatic N) is 2. The molecule has 0 saturated carbocycles. The van der Waals surface area contributed by atoms with E-state index in [0.29, 0.717) is 36.6 Å². The number of aromatic hydroxyl groups is 1. The number of benzene rings is 3. The Morgan fingerprint density at radius 3 is 2.19 bits per heavy atom. The third kappa shape index (κ3) is 5.84. The molecule has 1 atom stereocenters. The summed E-state index contributed by atoms with van der Waals surface area (Å²) in [6.45, 7) is 7.07. The molecule has 192 valence electrons. The molecular weight excluding hydrogens is 468 g/mol. The highest BCUT2D eigenvalue weighted by Gasteiger charge is 2.45. The second-order valence-corrected chi connectivity index (χ2v) is 8.91. The number of ketones is 1.